The van der Waals surface area contributed by atoms with Crippen LogP contribution in [0, 0.1) is 0 Å². The Morgan fingerprint density at radius 1 is 0.902 bits per heavy atom. The summed E-state index contributed by atoms with van der Waals surface area (Å²) in [4.78, 5) is 1.95. The Kier molecular flexibility index (Phi) is 11.8. The number of fused-ring (bicyclic) bond motifs is 3. The Morgan fingerprint density at radius 3 is 2.16 bits per heavy atom. The maximum atomic E-state index is 12.5. The minimum Gasteiger partial charge on any atom is -0.743 e. The molecule has 2 aliphatic heterocycles. The van der Waals surface area contributed by atoms with Crippen LogP contribution in [0.15, 0.2) is 131 Å². The van der Waals surface area contributed by atoms with Crippen LogP contribution < -0.4 is 55.9 Å². The first-order chi connectivity index (χ1) is 23.9. The van der Waals surface area contributed by atoms with Crippen LogP contribution >= 0.6 is 23.1 Å². The van der Waals surface area contributed by atoms with Crippen LogP contribution in [0.3, 0.4) is 0 Å². The largest absolute Gasteiger partial charge is 1.00 e. The second-order valence-corrected chi connectivity index (χ2v) is 17.9. The molecule has 0 aliphatic carbocycles. The van der Waals surface area contributed by atoms with Gasteiger partial charge >= 0.3 is 51.4 Å². The van der Waals surface area contributed by atoms with Gasteiger partial charge in [-0.25, -0.2) is 12.9 Å². The van der Waals surface area contributed by atoms with Gasteiger partial charge in [0, 0.05) is 21.7 Å². The zero-order chi connectivity index (χ0) is 35.1. The number of hydrogen-bond acceptors (Lipinski definition) is 7. The van der Waals surface area contributed by atoms with Crippen LogP contribution in [0.5, 0.6) is 0 Å². The molecule has 4 aromatic carbocycles. The van der Waals surface area contributed by atoms with Crippen LogP contribution in [0.1, 0.15) is 30.2 Å². The third-order valence-corrected chi connectivity index (χ3v) is 13.9. The van der Waals surface area contributed by atoms with E-state index in [1.807, 2.05) is 98.0 Å². The van der Waals surface area contributed by atoms with Crippen molar-refractivity contribution in [2.45, 2.75) is 36.5 Å². The van der Waals surface area contributed by atoms with Crippen LogP contribution in [-0.4, -0.2) is 43.6 Å². The normalized spacial score (nSPS) is 19.8. The molecule has 2 atom stereocenters. The first kappa shape index (κ1) is 38.5. The molecule has 5 aromatic rings. The molecule has 1 saturated heterocycles. The first-order valence-electron chi connectivity index (χ1n) is 16.3. The summed E-state index contributed by atoms with van der Waals surface area (Å²) >= 11 is 3.14. The van der Waals surface area contributed by atoms with Crippen LogP contribution in [0.4, 0.5) is 5.69 Å². The fourth-order valence-electron chi connectivity index (χ4n) is 6.86. The molecule has 2 aliphatic rings. The van der Waals surface area contributed by atoms with Gasteiger partial charge < -0.3 is 4.55 Å². The fraction of sp³-hybridized carbons (Fsp3) is 0.179. The van der Waals surface area contributed by atoms with E-state index in [1.54, 1.807) is 11.3 Å². The van der Waals surface area contributed by atoms with E-state index in [9.17, 15) is 25.9 Å². The number of quaternary nitrogens is 1. The smallest absolute Gasteiger partial charge is 0.743 e. The first-order valence-corrected chi connectivity index (χ1v) is 21.0. The molecule has 3 heterocycles. The molecule has 0 saturated carbocycles. The Hall–Kier alpha value is -2.17. The van der Waals surface area contributed by atoms with Crippen molar-refractivity contribution in [2.24, 2.45) is 0 Å². The molecule has 12 heteroatoms. The van der Waals surface area contributed by atoms with Gasteiger partial charge in [-0.05, 0) is 89.0 Å². The summed E-state index contributed by atoms with van der Waals surface area (Å²) in [6.07, 6.45) is 8.99. The quantitative estimate of drug-likeness (QED) is 0.0773. The summed E-state index contributed by atoms with van der Waals surface area (Å²) in [5, 5.41) is 0.774. The van der Waals surface area contributed by atoms with E-state index in [0.717, 1.165) is 64.0 Å². The zero-order valence-corrected chi connectivity index (χ0v) is 34.6. The van der Waals surface area contributed by atoms with Crippen LogP contribution in [0.25, 0.3) is 38.4 Å². The summed E-state index contributed by atoms with van der Waals surface area (Å²) in [5.74, 6) is -0.314. The van der Waals surface area contributed by atoms with E-state index in [1.165, 1.54) is 11.8 Å². The Balaban J connectivity index is 0.00000448. The molecule has 2 unspecified atom stereocenters. The topological polar surface area (TPSA) is 112 Å². The molecule has 0 radical (unpaired) electrons. The van der Waals surface area contributed by atoms with E-state index < -0.39 is 25.6 Å². The fourth-order valence-corrected chi connectivity index (χ4v) is 11.0. The van der Waals surface area contributed by atoms with E-state index in [2.05, 4.69) is 30.3 Å². The third kappa shape index (κ3) is 8.18. The molecular weight excluding hydrogens is 746 g/mol. The molecule has 0 bridgehead atoms. The predicted octanol–water partition coefficient (Wildman–Crippen LogP) is 6.25. The number of rotatable bonds is 10. The second kappa shape index (κ2) is 15.7. The van der Waals surface area contributed by atoms with Gasteiger partial charge in [0.15, 0.2) is 26.2 Å². The molecule has 51 heavy (non-hydrogen) atoms. The monoisotopic (exact) mass is 780 g/mol. The SMILES string of the molecule is CC(C=Cc1sc2ccc(-c3ccccc3)cc2c1CCCS(=O)(=O)O)=CC=C1Sc2ccc(-c3ccccc3)cc2[N+]12CCC2S(=O)(=O)[O-].[K+]. The standard InChI is InChI=1S/C39H35NO6S4.K/c1-27(14-18-35-32(13-8-24-49(41,42)43)33-25-30(16-19-36(33)47-35)28-9-4-2-5-10-28)15-21-38-40(23-22-39(40)50(44,45)46)34-26-31(17-20-37(34)48-38)29-11-6-3-7-12-29;/h2-7,9-12,14-21,25-26,39H,8,13,22-24H2,1H3,(H-,41,42,43,44,45,46);/q;+1. The van der Waals surface area contributed by atoms with Gasteiger partial charge in [-0.1, -0.05) is 90.5 Å². The van der Waals surface area contributed by atoms with Crippen molar-refractivity contribution in [3.63, 3.8) is 0 Å². The van der Waals surface area contributed by atoms with Crippen molar-refractivity contribution >= 4 is 65.2 Å². The van der Waals surface area contributed by atoms with Crippen molar-refractivity contribution in [1.82, 2.24) is 4.48 Å². The van der Waals surface area contributed by atoms with Gasteiger partial charge in [-0.2, -0.15) is 8.42 Å². The summed E-state index contributed by atoms with van der Waals surface area (Å²) in [7, 11) is -8.65. The summed E-state index contributed by atoms with van der Waals surface area (Å²) < 4.78 is 71.1. The molecule has 1 aromatic heterocycles. The van der Waals surface area contributed by atoms with Crippen molar-refractivity contribution < 1.29 is 77.3 Å². The molecule has 256 valence electrons. The predicted molar refractivity (Wildman–Crippen MR) is 205 cm³/mol. The number of thioether (sulfide) groups is 1. The average Bonchev–Trinajstić information content (AvgIpc) is 3.60. The summed E-state index contributed by atoms with van der Waals surface area (Å²) in [6, 6.07) is 32.4. The number of thiophene rings is 1. The summed E-state index contributed by atoms with van der Waals surface area (Å²) in [5.41, 5.74) is 6.94. The maximum absolute atomic E-state index is 12.5. The number of benzene rings is 4. The Bertz CT molecular complexity index is 2410. The molecule has 1 N–H and O–H groups in total. The molecule has 1 fully saturated rings. The van der Waals surface area contributed by atoms with Gasteiger partial charge in [-0.15, -0.1) is 11.3 Å². The van der Waals surface area contributed by atoms with Gasteiger partial charge in [0.1, 0.15) is 0 Å². The second-order valence-electron chi connectivity index (χ2n) is 12.6. The Labute approximate surface area is 350 Å². The van der Waals surface area contributed by atoms with Gasteiger partial charge in [0.05, 0.1) is 23.6 Å². The van der Waals surface area contributed by atoms with E-state index in [4.69, 9.17) is 0 Å². The van der Waals surface area contributed by atoms with Crippen LogP contribution in [0.2, 0.25) is 0 Å². The van der Waals surface area contributed by atoms with Crippen molar-refractivity contribution in [3.8, 4) is 22.3 Å². The molecular formula is C39H35KNO6S4+. The maximum Gasteiger partial charge on any atom is 1.00 e. The van der Waals surface area contributed by atoms with Gasteiger partial charge in [0.2, 0.25) is 0 Å². The van der Waals surface area contributed by atoms with E-state index >= 15 is 0 Å². The van der Waals surface area contributed by atoms with Crippen LogP contribution in [-0.2, 0) is 26.7 Å². The zero-order valence-electron chi connectivity index (χ0n) is 28.2. The van der Waals surface area contributed by atoms with Crippen molar-refractivity contribution in [1.29, 1.82) is 0 Å². The molecule has 7 nitrogen and oxygen atoms in total. The third-order valence-electron chi connectivity index (χ3n) is 9.40. The van der Waals surface area contributed by atoms with Crippen molar-refractivity contribution in [2.75, 3.05) is 12.3 Å². The van der Waals surface area contributed by atoms with Gasteiger partial charge in [-0.3, -0.25) is 4.55 Å². The summed E-state index contributed by atoms with van der Waals surface area (Å²) in [6.45, 7) is 2.49. The number of nitrogens with zero attached hydrogens (tertiary/aromatic N) is 1. The van der Waals surface area contributed by atoms with Crippen molar-refractivity contribution in [3.05, 3.63) is 136 Å². The Morgan fingerprint density at radius 2 is 1.55 bits per heavy atom. The number of allylic oxidation sites excluding steroid dienone is 4. The average molecular weight is 781 g/mol. The van der Waals surface area contributed by atoms with E-state index in [-0.39, 0.29) is 68.0 Å². The minimum absolute atomic E-state index is 0. The minimum atomic E-state index is -4.57. The number of aryl methyl sites for hydroxylation is 1. The molecule has 7 rings (SSSR count). The van der Waals surface area contributed by atoms with Gasteiger partial charge in [0.25, 0.3) is 10.1 Å². The van der Waals surface area contributed by atoms with E-state index in [0.29, 0.717) is 19.4 Å². The molecule has 1 spiro atoms. The molecule has 0 amide bonds. The number of hydrogen-bond donors (Lipinski definition) is 1.